The predicted octanol–water partition coefficient (Wildman–Crippen LogP) is 6.41. The molecule has 0 radical (unpaired) electrons. The van der Waals surface area contributed by atoms with Gasteiger partial charge in [0.15, 0.2) is 5.03 Å². The van der Waals surface area contributed by atoms with Gasteiger partial charge in [0, 0.05) is 12.7 Å². The molecule has 0 fully saturated rings. The Kier molecular flexibility index (Phi) is 10.8. The average molecular weight is 673 g/mol. The summed E-state index contributed by atoms with van der Waals surface area (Å²) in [5.41, 5.74) is 0.530. The number of benzene rings is 2. The van der Waals surface area contributed by atoms with E-state index >= 15 is 0 Å². The molecule has 11 nitrogen and oxygen atoms in total. The number of carboxylic acids is 1. The van der Waals surface area contributed by atoms with Crippen molar-refractivity contribution in [3.63, 3.8) is 0 Å². The van der Waals surface area contributed by atoms with Crippen LogP contribution in [0.5, 0.6) is 0 Å². The standard InChI is InChI=1S/C36H40N4O7S/c1-35(2,3)31(33(42)43)40(34(44)47-36(4,5)6)32(41)29-16-12-15-28(38-29)24-39(48(45,46)30-17-10-11-22-37-30)23-25-18-20-27(21-19-25)26-13-8-7-9-14-26/h7-22,31H,23-24H2,1-6H3,(H,42,43). The summed E-state index contributed by atoms with van der Waals surface area (Å²) < 4.78 is 34.4. The first-order valence-electron chi connectivity index (χ1n) is 15.3. The number of amides is 2. The average Bonchev–Trinajstić information content (AvgIpc) is 3.02. The number of hydrogen-bond donors (Lipinski definition) is 1. The monoisotopic (exact) mass is 672 g/mol. The number of sulfonamides is 1. The molecule has 252 valence electrons. The molecule has 48 heavy (non-hydrogen) atoms. The van der Waals surface area contributed by atoms with Crippen LogP contribution in [0, 0.1) is 5.41 Å². The Labute approximate surface area is 281 Å². The number of carboxylic acid groups (broad SMARTS) is 1. The Balaban J connectivity index is 1.71. The zero-order chi connectivity index (χ0) is 35.3. The van der Waals surface area contributed by atoms with Gasteiger partial charge in [-0.05, 0) is 67.1 Å². The number of carbonyl (C=O) groups is 3. The van der Waals surface area contributed by atoms with Crippen LogP contribution in [0.2, 0.25) is 0 Å². The van der Waals surface area contributed by atoms with Crippen LogP contribution in [0.1, 0.15) is 63.3 Å². The summed E-state index contributed by atoms with van der Waals surface area (Å²) in [6.07, 6.45) is 0.247. The van der Waals surface area contributed by atoms with Crippen molar-refractivity contribution in [3.05, 3.63) is 114 Å². The summed E-state index contributed by atoms with van der Waals surface area (Å²) in [7, 11) is -4.15. The van der Waals surface area contributed by atoms with Crippen molar-refractivity contribution in [3.8, 4) is 11.1 Å². The van der Waals surface area contributed by atoms with Crippen LogP contribution in [0.15, 0.2) is 102 Å². The molecule has 0 saturated heterocycles. The summed E-state index contributed by atoms with van der Waals surface area (Å²) >= 11 is 0. The molecular weight excluding hydrogens is 632 g/mol. The third kappa shape index (κ3) is 8.90. The molecule has 0 aliphatic rings. The second-order valence-corrected chi connectivity index (χ2v) is 15.2. The van der Waals surface area contributed by atoms with Gasteiger partial charge in [-0.2, -0.15) is 4.31 Å². The molecule has 0 spiro atoms. The van der Waals surface area contributed by atoms with Gasteiger partial charge in [-0.15, -0.1) is 0 Å². The molecule has 0 aliphatic carbocycles. The van der Waals surface area contributed by atoms with Crippen molar-refractivity contribution in [1.29, 1.82) is 0 Å². The van der Waals surface area contributed by atoms with Gasteiger partial charge in [0.2, 0.25) is 0 Å². The highest BCUT2D eigenvalue weighted by Gasteiger charge is 2.45. The summed E-state index contributed by atoms with van der Waals surface area (Å²) in [6.45, 7) is 9.28. The fourth-order valence-corrected chi connectivity index (χ4v) is 6.30. The van der Waals surface area contributed by atoms with E-state index in [-0.39, 0.29) is 29.5 Å². The van der Waals surface area contributed by atoms with Gasteiger partial charge in [-0.1, -0.05) is 87.5 Å². The minimum absolute atomic E-state index is 0.0387. The van der Waals surface area contributed by atoms with Gasteiger partial charge in [0.05, 0.1) is 12.2 Å². The second-order valence-electron chi connectivity index (χ2n) is 13.3. The molecule has 2 aromatic carbocycles. The fraction of sp³-hybridized carbons (Fsp3) is 0.306. The molecular formula is C36H40N4O7S. The molecule has 2 heterocycles. The lowest BCUT2D eigenvalue weighted by Crippen LogP contribution is -2.56. The number of pyridine rings is 2. The molecule has 2 aromatic heterocycles. The number of rotatable bonds is 10. The first kappa shape index (κ1) is 35.9. The van der Waals surface area contributed by atoms with Gasteiger partial charge < -0.3 is 9.84 Å². The van der Waals surface area contributed by atoms with E-state index in [2.05, 4.69) is 9.97 Å². The molecule has 0 bridgehead atoms. The third-order valence-electron chi connectivity index (χ3n) is 7.15. The minimum Gasteiger partial charge on any atom is -0.480 e. The predicted molar refractivity (Wildman–Crippen MR) is 180 cm³/mol. The number of imide groups is 1. The van der Waals surface area contributed by atoms with Gasteiger partial charge in [0.25, 0.3) is 15.9 Å². The fourth-order valence-electron chi connectivity index (χ4n) is 4.97. The maximum Gasteiger partial charge on any atom is 0.418 e. The SMILES string of the molecule is CC(C)(C)OC(=O)N(C(=O)c1cccc(CN(Cc2ccc(-c3ccccc3)cc2)S(=O)(=O)c2ccccn2)n1)C(C(=O)O)C(C)(C)C. The maximum absolute atomic E-state index is 13.9. The van der Waals surface area contributed by atoms with Crippen LogP contribution in [-0.4, -0.2) is 62.3 Å². The molecule has 12 heteroatoms. The smallest absolute Gasteiger partial charge is 0.418 e. The number of hydrogen-bond acceptors (Lipinski definition) is 8. The molecule has 1 unspecified atom stereocenters. The van der Waals surface area contributed by atoms with Crippen LogP contribution in [-0.2, 0) is 32.6 Å². The van der Waals surface area contributed by atoms with E-state index in [4.69, 9.17) is 4.74 Å². The minimum atomic E-state index is -4.15. The van der Waals surface area contributed by atoms with Crippen molar-refractivity contribution >= 4 is 28.0 Å². The van der Waals surface area contributed by atoms with Crippen molar-refractivity contribution in [2.45, 2.75) is 71.3 Å². The van der Waals surface area contributed by atoms with Crippen LogP contribution in [0.4, 0.5) is 4.79 Å². The van der Waals surface area contributed by atoms with E-state index in [0.717, 1.165) is 11.1 Å². The molecule has 1 N–H and O–H groups in total. The van der Waals surface area contributed by atoms with Crippen molar-refractivity contribution in [1.82, 2.24) is 19.2 Å². The lowest BCUT2D eigenvalue weighted by atomic mass is 9.85. The molecule has 0 saturated carbocycles. The summed E-state index contributed by atoms with van der Waals surface area (Å²) in [4.78, 5) is 48.7. The van der Waals surface area contributed by atoms with E-state index in [1.807, 2.05) is 54.6 Å². The van der Waals surface area contributed by atoms with E-state index < -0.39 is 45.1 Å². The molecule has 2 amide bonds. The molecule has 4 rings (SSSR count). The Morgan fingerprint density at radius 2 is 1.42 bits per heavy atom. The van der Waals surface area contributed by atoms with Crippen LogP contribution in [0.25, 0.3) is 11.1 Å². The molecule has 4 aromatic rings. The van der Waals surface area contributed by atoms with E-state index in [9.17, 15) is 27.9 Å². The Morgan fingerprint density at radius 3 is 1.98 bits per heavy atom. The zero-order valence-electron chi connectivity index (χ0n) is 27.8. The Hall–Kier alpha value is -4.94. The highest BCUT2D eigenvalue weighted by Crippen LogP contribution is 2.28. The molecule has 0 aliphatic heterocycles. The van der Waals surface area contributed by atoms with Crippen LogP contribution < -0.4 is 0 Å². The van der Waals surface area contributed by atoms with E-state index in [1.54, 1.807) is 59.7 Å². The van der Waals surface area contributed by atoms with Crippen LogP contribution in [0.3, 0.4) is 0 Å². The summed E-state index contributed by atoms with van der Waals surface area (Å²) in [5, 5.41) is 9.95. The number of aliphatic carboxylic acids is 1. The maximum atomic E-state index is 13.9. The number of aromatic nitrogens is 2. The van der Waals surface area contributed by atoms with Gasteiger partial charge in [-0.3, -0.25) is 4.79 Å². The Morgan fingerprint density at radius 1 is 0.792 bits per heavy atom. The van der Waals surface area contributed by atoms with Gasteiger partial charge in [-0.25, -0.2) is 32.9 Å². The van der Waals surface area contributed by atoms with E-state index in [1.165, 1.54) is 28.7 Å². The number of nitrogens with zero attached hydrogens (tertiary/aromatic N) is 4. The lowest BCUT2D eigenvalue weighted by molar-refractivity contribution is -0.146. The highest BCUT2D eigenvalue weighted by atomic mass is 32.2. The summed E-state index contributed by atoms with van der Waals surface area (Å²) in [5.74, 6) is -2.40. The van der Waals surface area contributed by atoms with E-state index in [0.29, 0.717) is 10.5 Å². The largest absolute Gasteiger partial charge is 0.480 e. The third-order valence-corrected chi connectivity index (χ3v) is 8.86. The first-order valence-corrected chi connectivity index (χ1v) is 16.7. The zero-order valence-corrected chi connectivity index (χ0v) is 28.6. The normalized spacial score (nSPS) is 12.7. The van der Waals surface area contributed by atoms with Crippen LogP contribution >= 0.6 is 0 Å². The van der Waals surface area contributed by atoms with Crippen molar-refractivity contribution in [2.24, 2.45) is 5.41 Å². The lowest BCUT2D eigenvalue weighted by Gasteiger charge is -2.36. The number of ether oxygens (including phenoxy) is 1. The second kappa shape index (κ2) is 14.4. The van der Waals surface area contributed by atoms with Crippen molar-refractivity contribution in [2.75, 3.05) is 0 Å². The topological polar surface area (TPSA) is 147 Å². The van der Waals surface area contributed by atoms with Crippen molar-refractivity contribution < 1.29 is 32.6 Å². The summed E-state index contributed by atoms with van der Waals surface area (Å²) in [6, 6.07) is 24.6. The highest BCUT2D eigenvalue weighted by molar-refractivity contribution is 7.89. The van der Waals surface area contributed by atoms with Gasteiger partial charge in [0.1, 0.15) is 17.3 Å². The van der Waals surface area contributed by atoms with Gasteiger partial charge >= 0.3 is 12.1 Å². The quantitative estimate of drug-likeness (QED) is 0.202. The first-order chi connectivity index (χ1) is 22.5. The Bertz CT molecular complexity index is 1850. The molecule has 1 atom stereocenters. The number of carbonyl (C=O) groups excluding carboxylic acids is 2.